The van der Waals surface area contributed by atoms with Crippen LogP contribution < -0.4 is 0 Å². The lowest BCUT2D eigenvalue weighted by Gasteiger charge is -2.50. The first-order valence-electron chi connectivity index (χ1n) is 8.07. The van der Waals surface area contributed by atoms with E-state index in [-0.39, 0.29) is 17.3 Å². The lowest BCUT2D eigenvalue weighted by Crippen LogP contribution is -2.54. The van der Waals surface area contributed by atoms with Crippen LogP contribution in [0.1, 0.15) is 65.7 Å². The second-order valence-electron chi connectivity index (χ2n) is 6.29. The third kappa shape index (κ3) is 2.84. The molecule has 1 heterocycles. The third-order valence-corrected chi connectivity index (χ3v) is 5.41. The van der Waals surface area contributed by atoms with Gasteiger partial charge in [0.05, 0.1) is 17.3 Å². The second-order valence-corrected chi connectivity index (χ2v) is 6.29. The predicted octanol–water partition coefficient (Wildman–Crippen LogP) is 3.29. The van der Waals surface area contributed by atoms with Gasteiger partial charge in [-0.25, -0.2) is 0 Å². The van der Waals surface area contributed by atoms with E-state index in [2.05, 4.69) is 13.8 Å². The summed E-state index contributed by atoms with van der Waals surface area (Å²) in [5.74, 6) is 0.334. The highest BCUT2D eigenvalue weighted by Gasteiger charge is 2.48. The zero-order chi connectivity index (χ0) is 13.9. The summed E-state index contributed by atoms with van der Waals surface area (Å²) in [6.45, 7) is 7.75. The van der Waals surface area contributed by atoms with Gasteiger partial charge in [-0.2, -0.15) is 0 Å². The monoisotopic (exact) mass is 270 g/mol. The summed E-state index contributed by atoms with van der Waals surface area (Å²) in [7, 11) is 0. The van der Waals surface area contributed by atoms with E-state index in [0.29, 0.717) is 12.5 Å². The van der Waals surface area contributed by atoms with Crippen molar-refractivity contribution >= 4 is 0 Å². The highest BCUT2D eigenvalue weighted by atomic mass is 16.5. The minimum atomic E-state index is -0.359. The van der Waals surface area contributed by atoms with Crippen LogP contribution in [0.5, 0.6) is 0 Å². The molecule has 2 fully saturated rings. The smallest absolute Gasteiger partial charge is 0.0937 e. The number of hydrogen-bond acceptors (Lipinski definition) is 3. The number of hydrogen-bond donors (Lipinski definition) is 1. The average Bonchev–Trinajstić information content (AvgIpc) is 2.42. The van der Waals surface area contributed by atoms with Crippen molar-refractivity contribution in [2.45, 2.75) is 83.0 Å². The molecule has 0 radical (unpaired) electrons. The van der Waals surface area contributed by atoms with Crippen molar-refractivity contribution in [1.82, 2.24) is 0 Å². The highest BCUT2D eigenvalue weighted by molar-refractivity contribution is 4.99. The Morgan fingerprint density at radius 2 is 2.00 bits per heavy atom. The fraction of sp³-hybridized carbons (Fsp3) is 1.00. The number of ether oxygens (including phenoxy) is 2. The molecule has 3 heteroatoms. The molecule has 2 rings (SSSR count). The standard InChI is InChI=1S/C16H30O3/c1-4-16(5-2,18-6-3)14(17)13-8-11-19-15(12-13)9-7-10-15/h13-14,17H,4-12H2,1-3H3. The molecule has 19 heavy (non-hydrogen) atoms. The van der Waals surface area contributed by atoms with Crippen molar-refractivity contribution in [3.05, 3.63) is 0 Å². The summed E-state index contributed by atoms with van der Waals surface area (Å²) in [6.07, 6.45) is 7.02. The molecular weight excluding hydrogens is 240 g/mol. The summed E-state index contributed by atoms with van der Waals surface area (Å²) >= 11 is 0. The van der Waals surface area contributed by atoms with Gasteiger partial charge in [0.2, 0.25) is 0 Å². The molecule has 1 saturated heterocycles. The predicted molar refractivity (Wildman–Crippen MR) is 76.2 cm³/mol. The molecule has 0 bridgehead atoms. The molecule has 0 aromatic carbocycles. The topological polar surface area (TPSA) is 38.7 Å². The number of aliphatic hydroxyl groups is 1. The van der Waals surface area contributed by atoms with E-state index in [4.69, 9.17) is 9.47 Å². The van der Waals surface area contributed by atoms with E-state index >= 15 is 0 Å². The van der Waals surface area contributed by atoms with Crippen molar-refractivity contribution in [1.29, 1.82) is 0 Å². The van der Waals surface area contributed by atoms with E-state index in [9.17, 15) is 5.11 Å². The van der Waals surface area contributed by atoms with Crippen molar-refractivity contribution in [3.63, 3.8) is 0 Å². The molecule has 0 aromatic rings. The van der Waals surface area contributed by atoms with Gasteiger partial charge < -0.3 is 14.6 Å². The van der Waals surface area contributed by atoms with Crippen LogP contribution in [0.15, 0.2) is 0 Å². The number of rotatable bonds is 6. The molecule has 1 aliphatic heterocycles. The van der Waals surface area contributed by atoms with Gasteiger partial charge in [-0.1, -0.05) is 13.8 Å². The fourth-order valence-corrected chi connectivity index (χ4v) is 3.93. The molecule has 1 N–H and O–H groups in total. The molecule has 0 amide bonds. The largest absolute Gasteiger partial charge is 0.390 e. The van der Waals surface area contributed by atoms with Gasteiger partial charge in [0.25, 0.3) is 0 Å². The van der Waals surface area contributed by atoms with Gasteiger partial charge in [-0.05, 0) is 57.8 Å². The maximum absolute atomic E-state index is 10.9. The molecule has 1 saturated carbocycles. The highest BCUT2D eigenvalue weighted by Crippen LogP contribution is 2.46. The van der Waals surface area contributed by atoms with Crippen LogP contribution in [0.3, 0.4) is 0 Å². The fourth-order valence-electron chi connectivity index (χ4n) is 3.93. The molecule has 112 valence electrons. The van der Waals surface area contributed by atoms with Crippen molar-refractivity contribution < 1.29 is 14.6 Å². The van der Waals surface area contributed by atoms with Gasteiger partial charge in [0.1, 0.15) is 0 Å². The van der Waals surface area contributed by atoms with E-state index in [1.807, 2.05) is 6.92 Å². The molecule has 2 aliphatic rings. The summed E-state index contributed by atoms with van der Waals surface area (Å²) in [6, 6.07) is 0. The first kappa shape index (κ1) is 15.3. The molecule has 3 nitrogen and oxygen atoms in total. The minimum Gasteiger partial charge on any atom is -0.390 e. The Labute approximate surface area is 117 Å². The Morgan fingerprint density at radius 1 is 1.32 bits per heavy atom. The Balaban J connectivity index is 2.05. The first-order chi connectivity index (χ1) is 9.11. The molecule has 0 aromatic heterocycles. The molecule has 1 aliphatic carbocycles. The van der Waals surface area contributed by atoms with Crippen molar-refractivity contribution in [3.8, 4) is 0 Å². The summed E-state index contributed by atoms with van der Waals surface area (Å²) in [5, 5.41) is 10.9. The van der Waals surface area contributed by atoms with Crippen LogP contribution in [0.25, 0.3) is 0 Å². The minimum absolute atomic E-state index is 0.101. The van der Waals surface area contributed by atoms with E-state index in [0.717, 1.165) is 32.3 Å². The Hall–Kier alpha value is -0.120. The second kappa shape index (κ2) is 6.11. The Kier molecular flexibility index (Phi) is 4.91. The normalized spacial score (nSPS) is 28.1. The summed E-state index contributed by atoms with van der Waals surface area (Å²) < 4.78 is 11.9. The van der Waals surface area contributed by atoms with E-state index < -0.39 is 0 Å². The van der Waals surface area contributed by atoms with Crippen LogP contribution in [0.2, 0.25) is 0 Å². The van der Waals surface area contributed by atoms with Crippen LogP contribution in [-0.2, 0) is 9.47 Å². The Morgan fingerprint density at radius 3 is 2.47 bits per heavy atom. The van der Waals surface area contributed by atoms with Crippen LogP contribution >= 0.6 is 0 Å². The summed E-state index contributed by atoms with van der Waals surface area (Å²) in [4.78, 5) is 0. The van der Waals surface area contributed by atoms with E-state index in [1.54, 1.807) is 0 Å². The summed E-state index contributed by atoms with van der Waals surface area (Å²) in [5.41, 5.74) is -0.259. The first-order valence-corrected chi connectivity index (χ1v) is 8.07. The lowest BCUT2D eigenvalue weighted by molar-refractivity contribution is -0.194. The van der Waals surface area contributed by atoms with E-state index in [1.165, 1.54) is 19.3 Å². The average molecular weight is 270 g/mol. The van der Waals surface area contributed by atoms with Crippen LogP contribution in [0.4, 0.5) is 0 Å². The maximum atomic E-state index is 10.9. The van der Waals surface area contributed by atoms with Gasteiger partial charge in [-0.3, -0.25) is 0 Å². The molecular formula is C16H30O3. The van der Waals surface area contributed by atoms with Gasteiger partial charge in [0.15, 0.2) is 0 Å². The SMILES string of the molecule is CCOC(CC)(CC)C(O)C1CCOC2(CCC2)C1. The Bertz CT molecular complexity index is 282. The lowest BCUT2D eigenvalue weighted by atomic mass is 9.68. The van der Waals surface area contributed by atoms with Gasteiger partial charge in [0, 0.05) is 13.2 Å². The van der Waals surface area contributed by atoms with Crippen molar-refractivity contribution in [2.24, 2.45) is 5.92 Å². The zero-order valence-corrected chi connectivity index (χ0v) is 12.8. The van der Waals surface area contributed by atoms with Crippen LogP contribution in [-0.4, -0.2) is 35.6 Å². The van der Waals surface area contributed by atoms with Crippen molar-refractivity contribution in [2.75, 3.05) is 13.2 Å². The van der Waals surface area contributed by atoms with Gasteiger partial charge in [-0.15, -0.1) is 0 Å². The van der Waals surface area contributed by atoms with Gasteiger partial charge >= 0.3 is 0 Å². The maximum Gasteiger partial charge on any atom is 0.0937 e. The number of aliphatic hydroxyl groups excluding tert-OH is 1. The molecule has 2 atom stereocenters. The quantitative estimate of drug-likeness (QED) is 0.805. The zero-order valence-electron chi connectivity index (χ0n) is 12.8. The molecule has 1 spiro atoms. The van der Waals surface area contributed by atoms with Crippen LogP contribution in [0, 0.1) is 5.92 Å². The third-order valence-electron chi connectivity index (χ3n) is 5.41. The molecule has 2 unspecified atom stereocenters.